The van der Waals surface area contributed by atoms with E-state index in [0.29, 0.717) is 33.3 Å². The van der Waals surface area contributed by atoms with Gasteiger partial charge in [-0.1, -0.05) is 59.2 Å². The third-order valence-electron chi connectivity index (χ3n) is 3.85. The molecular formula is C19H18Cl2N4O2S. The second-order valence-electron chi connectivity index (χ2n) is 5.87. The van der Waals surface area contributed by atoms with Crippen LogP contribution in [0.1, 0.15) is 11.4 Å². The largest absolute Gasteiger partial charge is 0.484 e. The van der Waals surface area contributed by atoms with Gasteiger partial charge >= 0.3 is 0 Å². The number of benzene rings is 2. The monoisotopic (exact) mass is 436 g/mol. The molecule has 3 rings (SSSR count). The van der Waals surface area contributed by atoms with Crippen molar-refractivity contribution in [3.05, 3.63) is 70.0 Å². The Hall–Kier alpha value is -2.22. The van der Waals surface area contributed by atoms with Crippen LogP contribution >= 0.6 is 35.0 Å². The van der Waals surface area contributed by atoms with Crippen molar-refractivity contribution in [2.24, 2.45) is 7.05 Å². The van der Waals surface area contributed by atoms with Gasteiger partial charge in [-0.2, -0.15) is 0 Å². The van der Waals surface area contributed by atoms with Crippen LogP contribution in [0.15, 0.2) is 53.7 Å². The van der Waals surface area contributed by atoms with E-state index in [-0.39, 0.29) is 18.3 Å². The molecule has 1 amide bonds. The molecule has 6 nitrogen and oxygen atoms in total. The molecule has 0 aliphatic rings. The van der Waals surface area contributed by atoms with E-state index in [9.17, 15) is 4.79 Å². The molecule has 0 radical (unpaired) electrons. The second kappa shape index (κ2) is 9.82. The van der Waals surface area contributed by atoms with Gasteiger partial charge in [0.15, 0.2) is 11.0 Å². The number of hydrogen-bond acceptors (Lipinski definition) is 5. The highest BCUT2D eigenvalue weighted by atomic mass is 35.5. The molecule has 0 unspecified atom stereocenters. The lowest BCUT2D eigenvalue weighted by molar-refractivity contribution is -0.118. The van der Waals surface area contributed by atoms with Crippen LogP contribution in [0.2, 0.25) is 10.0 Å². The van der Waals surface area contributed by atoms with Gasteiger partial charge < -0.3 is 14.6 Å². The number of thioether (sulfide) groups is 1. The minimum atomic E-state index is -0.0863. The Balaban J connectivity index is 1.47. The standard InChI is InChI=1S/C19H18Cl2N4O2S/c1-25-17(11-27-16-5-3-2-4-15(16)21)23-24-19(25)28-12-18(26)22-10-13-6-8-14(20)9-7-13/h2-9H,10-12H2,1H3,(H,22,26). The Bertz CT molecular complexity index is 947. The molecule has 3 aromatic rings. The van der Waals surface area contributed by atoms with Gasteiger partial charge in [0, 0.05) is 18.6 Å². The Morgan fingerprint density at radius 2 is 1.89 bits per heavy atom. The fourth-order valence-corrected chi connectivity index (χ4v) is 3.36. The van der Waals surface area contributed by atoms with Crippen LogP contribution in [-0.4, -0.2) is 26.4 Å². The first-order valence-electron chi connectivity index (χ1n) is 8.42. The summed E-state index contributed by atoms with van der Waals surface area (Å²) in [6, 6.07) is 14.6. The third-order valence-corrected chi connectivity index (χ3v) is 5.44. The molecule has 0 bridgehead atoms. The smallest absolute Gasteiger partial charge is 0.230 e. The van der Waals surface area contributed by atoms with Gasteiger partial charge in [0.2, 0.25) is 5.91 Å². The van der Waals surface area contributed by atoms with Crippen LogP contribution in [0.4, 0.5) is 0 Å². The SMILES string of the molecule is Cn1c(COc2ccccc2Cl)nnc1SCC(=O)NCc1ccc(Cl)cc1. The molecular weight excluding hydrogens is 419 g/mol. The molecule has 1 heterocycles. The van der Waals surface area contributed by atoms with E-state index >= 15 is 0 Å². The average molecular weight is 437 g/mol. The van der Waals surface area contributed by atoms with E-state index < -0.39 is 0 Å². The quantitative estimate of drug-likeness (QED) is 0.538. The highest BCUT2D eigenvalue weighted by molar-refractivity contribution is 7.99. The van der Waals surface area contributed by atoms with Crippen LogP contribution < -0.4 is 10.1 Å². The maximum absolute atomic E-state index is 12.1. The topological polar surface area (TPSA) is 69.0 Å². The number of carbonyl (C=O) groups excluding carboxylic acids is 1. The Labute approximate surface area is 177 Å². The van der Waals surface area contributed by atoms with Gasteiger partial charge in [-0.25, -0.2) is 0 Å². The first kappa shape index (κ1) is 20.5. The van der Waals surface area contributed by atoms with E-state index in [4.69, 9.17) is 27.9 Å². The van der Waals surface area contributed by atoms with Crippen molar-refractivity contribution in [3.63, 3.8) is 0 Å². The maximum atomic E-state index is 12.1. The lowest BCUT2D eigenvalue weighted by Gasteiger charge is -2.08. The van der Waals surface area contributed by atoms with Crippen molar-refractivity contribution >= 4 is 40.9 Å². The number of rotatable bonds is 8. The third kappa shape index (κ3) is 5.64. The van der Waals surface area contributed by atoms with Crippen molar-refractivity contribution in [1.82, 2.24) is 20.1 Å². The minimum absolute atomic E-state index is 0.0863. The van der Waals surface area contributed by atoms with E-state index in [1.165, 1.54) is 11.8 Å². The van der Waals surface area contributed by atoms with E-state index in [1.807, 2.05) is 31.3 Å². The number of para-hydroxylation sites is 1. The summed E-state index contributed by atoms with van der Waals surface area (Å²) in [5.74, 6) is 1.38. The van der Waals surface area contributed by atoms with Gasteiger partial charge in [0.05, 0.1) is 10.8 Å². The summed E-state index contributed by atoms with van der Waals surface area (Å²) in [4.78, 5) is 12.1. The number of hydrogen-bond donors (Lipinski definition) is 1. The maximum Gasteiger partial charge on any atom is 0.230 e. The number of aromatic nitrogens is 3. The summed E-state index contributed by atoms with van der Waals surface area (Å²) in [5, 5.41) is 13.0. The number of carbonyl (C=O) groups is 1. The highest BCUT2D eigenvalue weighted by Crippen LogP contribution is 2.24. The molecule has 0 aliphatic carbocycles. The van der Waals surface area contributed by atoms with Crippen LogP contribution in [-0.2, 0) is 25.0 Å². The normalized spacial score (nSPS) is 10.7. The predicted molar refractivity (Wildman–Crippen MR) is 111 cm³/mol. The summed E-state index contributed by atoms with van der Waals surface area (Å²) in [5.41, 5.74) is 0.986. The zero-order valence-electron chi connectivity index (χ0n) is 15.1. The van der Waals surface area contributed by atoms with Crippen LogP contribution in [0, 0.1) is 0 Å². The Morgan fingerprint density at radius 1 is 1.14 bits per heavy atom. The highest BCUT2D eigenvalue weighted by Gasteiger charge is 2.12. The minimum Gasteiger partial charge on any atom is -0.484 e. The van der Waals surface area contributed by atoms with Crippen molar-refractivity contribution < 1.29 is 9.53 Å². The molecule has 9 heteroatoms. The fraction of sp³-hybridized carbons (Fsp3) is 0.211. The molecule has 1 N–H and O–H groups in total. The van der Waals surface area contributed by atoms with Crippen molar-refractivity contribution in [1.29, 1.82) is 0 Å². The van der Waals surface area contributed by atoms with Gasteiger partial charge in [-0.3, -0.25) is 4.79 Å². The van der Waals surface area contributed by atoms with Gasteiger partial charge in [0.25, 0.3) is 0 Å². The Morgan fingerprint density at radius 3 is 2.64 bits per heavy atom. The summed E-state index contributed by atoms with van der Waals surface area (Å²) < 4.78 is 7.48. The van der Waals surface area contributed by atoms with E-state index in [0.717, 1.165) is 5.56 Å². The van der Waals surface area contributed by atoms with Gasteiger partial charge in [-0.05, 0) is 29.8 Å². The fourth-order valence-electron chi connectivity index (χ4n) is 2.28. The average Bonchev–Trinajstić information content (AvgIpc) is 3.05. The molecule has 28 heavy (non-hydrogen) atoms. The van der Waals surface area contributed by atoms with E-state index in [2.05, 4.69) is 15.5 Å². The number of nitrogens with one attached hydrogen (secondary N) is 1. The number of ether oxygens (including phenoxy) is 1. The number of halogens is 2. The number of amides is 1. The summed E-state index contributed by atoms with van der Waals surface area (Å²) in [6.45, 7) is 0.683. The van der Waals surface area contributed by atoms with Gasteiger partial charge in [0.1, 0.15) is 12.4 Å². The number of nitrogens with zero attached hydrogens (tertiary/aromatic N) is 3. The Kier molecular flexibility index (Phi) is 7.19. The molecule has 146 valence electrons. The van der Waals surface area contributed by atoms with Crippen LogP contribution in [0.3, 0.4) is 0 Å². The molecule has 0 spiro atoms. The summed E-state index contributed by atoms with van der Waals surface area (Å²) in [7, 11) is 1.83. The molecule has 0 saturated heterocycles. The van der Waals surface area contributed by atoms with Crippen molar-refractivity contribution in [2.45, 2.75) is 18.3 Å². The zero-order chi connectivity index (χ0) is 19.9. The molecule has 0 atom stereocenters. The van der Waals surface area contributed by atoms with E-state index in [1.54, 1.807) is 28.8 Å². The van der Waals surface area contributed by atoms with Crippen LogP contribution in [0.25, 0.3) is 0 Å². The molecule has 2 aromatic carbocycles. The summed E-state index contributed by atoms with van der Waals surface area (Å²) in [6.07, 6.45) is 0. The van der Waals surface area contributed by atoms with Crippen molar-refractivity contribution in [2.75, 3.05) is 5.75 Å². The molecule has 0 fully saturated rings. The molecule has 0 aliphatic heterocycles. The summed E-state index contributed by atoms with van der Waals surface area (Å²) >= 11 is 13.2. The molecule has 1 aromatic heterocycles. The first-order chi connectivity index (χ1) is 13.5. The zero-order valence-corrected chi connectivity index (χ0v) is 17.4. The molecule has 0 saturated carbocycles. The second-order valence-corrected chi connectivity index (χ2v) is 7.65. The predicted octanol–water partition coefficient (Wildman–Crippen LogP) is 4.11. The first-order valence-corrected chi connectivity index (χ1v) is 10.2. The van der Waals surface area contributed by atoms with Crippen LogP contribution in [0.5, 0.6) is 5.75 Å². The van der Waals surface area contributed by atoms with Gasteiger partial charge in [-0.15, -0.1) is 10.2 Å². The van der Waals surface area contributed by atoms with Crippen molar-refractivity contribution in [3.8, 4) is 5.75 Å². The lowest BCUT2D eigenvalue weighted by Crippen LogP contribution is -2.24. The lowest BCUT2D eigenvalue weighted by atomic mass is 10.2.